The number of halogens is 1. The molecule has 1 N–H and O–H groups in total. The molecule has 1 fully saturated rings. The Labute approximate surface area is 148 Å². The molecule has 1 heterocycles. The number of hydrogen-bond acceptors (Lipinski definition) is 4. The highest BCUT2D eigenvalue weighted by atomic mass is 79.9. The van der Waals surface area contributed by atoms with Crippen LogP contribution in [0.4, 0.5) is 0 Å². The van der Waals surface area contributed by atoms with Crippen LogP contribution in [0.5, 0.6) is 0 Å². The van der Waals surface area contributed by atoms with Crippen LogP contribution in [0, 0.1) is 0 Å². The molecule has 0 bridgehead atoms. The standard InChI is InChI=1S/C16H19BrN4OS/c1-10(12-5-3-4-6-13(12)17)18-14(22)9-23-16-20-19-15(21(16)2)11-7-8-11/h3-6,10-11H,7-9H2,1-2H3,(H,18,22)/t10-/m1/s1. The van der Waals surface area contributed by atoms with Crippen LogP contribution in [0.15, 0.2) is 33.9 Å². The average molecular weight is 395 g/mol. The van der Waals surface area contributed by atoms with E-state index in [1.54, 1.807) is 0 Å². The van der Waals surface area contributed by atoms with Crippen molar-refractivity contribution in [2.45, 2.75) is 36.9 Å². The monoisotopic (exact) mass is 394 g/mol. The summed E-state index contributed by atoms with van der Waals surface area (Å²) in [7, 11) is 1.97. The van der Waals surface area contributed by atoms with Gasteiger partial charge in [0.2, 0.25) is 5.91 Å². The quantitative estimate of drug-likeness (QED) is 0.762. The summed E-state index contributed by atoms with van der Waals surface area (Å²) >= 11 is 4.94. The van der Waals surface area contributed by atoms with Crippen LogP contribution in [0.1, 0.15) is 43.1 Å². The number of aromatic nitrogens is 3. The highest BCUT2D eigenvalue weighted by molar-refractivity contribution is 9.10. The van der Waals surface area contributed by atoms with Crippen molar-refractivity contribution in [2.75, 3.05) is 5.75 Å². The zero-order valence-corrected chi connectivity index (χ0v) is 15.5. The Morgan fingerprint density at radius 2 is 2.17 bits per heavy atom. The summed E-state index contributed by atoms with van der Waals surface area (Å²) in [4.78, 5) is 12.2. The second-order valence-electron chi connectivity index (χ2n) is 5.77. The zero-order valence-electron chi connectivity index (χ0n) is 13.1. The fourth-order valence-electron chi connectivity index (χ4n) is 2.47. The van der Waals surface area contributed by atoms with Crippen LogP contribution in [0.2, 0.25) is 0 Å². The van der Waals surface area contributed by atoms with Gasteiger partial charge in [-0.25, -0.2) is 0 Å². The number of benzene rings is 1. The van der Waals surface area contributed by atoms with E-state index in [1.807, 2.05) is 42.8 Å². The maximum Gasteiger partial charge on any atom is 0.230 e. The maximum absolute atomic E-state index is 12.2. The molecular weight excluding hydrogens is 376 g/mol. The second-order valence-corrected chi connectivity index (χ2v) is 7.57. The van der Waals surface area contributed by atoms with Gasteiger partial charge in [0.15, 0.2) is 5.16 Å². The van der Waals surface area contributed by atoms with Crippen molar-refractivity contribution in [1.29, 1.82) is 0 Å². The van der Waals surface area contributed by atoms with E-state index in [-0.39, 0.29) is 11.9 Å². The van der Waals surface area contributed by atoms with Gasteiger partial charge >= 0.3 is 0 Å². The highest BCUT2D eigenvalue weighted by Gasteiger charge is 2.29. The molecule has 1 aliphatic rings. The van der Waals surface area contributed by atoms with E-state index in [1.165, 1.54) is 24.6 Å². The molecule has 0 radical (unpaired) electrons. The Morgan fingerprint density at radius 1 is 1.43 bits per heavy atom. The van der Waals surface area contributed by atoms with Gasteiger partial charge in [0.05, 0.1) is 11.8 Å². The molecule has 0 aliphatic heterocycles. The fourth-order valence-corrected chi connectivity index (χ4v) is 3.82. The van der Waals surface area contributed by atoms with Crippen molar-refractivity contribution >= 4 is 33.6 Å². The van der Waals surface area contributed by atoms with E-state index in [0.29, 0.717) is 11.7 Å². The summed E-state index contributed by atoms with van der Waals surface area (Å²) in [5.74, 6) is 1.93. The molecule has 1 aromatic carbocycles. The lowest BCUT2D eigenvalue weighted by atomic mass is 10.1. The number of carbonyl (C=O) groups is 1. The summed E-state index contributed by atoms with van der Waals surface area (Å²) in [5.41, 5.74) is 1.07. The Morgan fingerprint density at radius 3 is 2.87 bits per heavy atom. The van der Waals surface area contributed by atoms with Crippen LogP contribution in [-0.2, 0) is 11.8 Å². The molecule has 7 heteroatoms. The minimum absolute atomic E-state index is 0.00535. The number of carbonyl (C=O) groups excluding carboxylic acids is 1. The molecule has 2 aromatic rings. The predicted octanol–water partition coefficient (Wildman–Crippen LogP) is 3.42. The van der Waals surface area contributed by atoms with E-state index >= 15 is 0 Å². The molecular formula is C16H19BrN4OS. The van der Waals surface area contributed by atoms with Crippen molar-refractivity contribution in [2.24, 2.45) is 7.05 Å². The fraction of sp³-hybridized carbons (Fsp3) is 0.438. The van der Waals surface area contributed by atoms with Crippen molar-refractivity contribution in [3.8, 4) is 0 Å². The Kier molecular flexibility index (Phi) is 5.06. The van der Waals surface area contributed by atoms with E-state index < -0.39 is 0 Å². The largest absolute Gasteiger partial charge is 0.349 e. The summed E-state index contributed by atoms with van der Waals surface area (Å²) in [6, 6.07) is 7.87. The van der Waals surface area contributed by atoms with E-state index in [4.69, 9.17) is 0 Å². The van der Waals surface area contributed by atoms with Crippen molar-refractivity contribution in [3.05, 3.63) is 40.1 Å². The van der Waals surface area contributed by atoms with Gasteiger partial charge in [-0.15, -0.1) is 10.2 Å². The molecule has 1 aliphatic carbocycles. The summed E-state index contributed by atoms with van der Waals surface area (Å²) < 4.78 is 3.01. The minimum Gasteiger partial charge on any atom is -0.349 e. The lowest BCUT2D eigenvalue weighted by Crippen LogP contribution is -2.28. The number of hydrogen-bond donors (Lipinski definition) is 1. The lowest BCUT2D eigenvalue weighted by Gasteiger charge is -2.15. The Balaban J connectivity index is 1.54. The third-order valence-electron chi connectivity index (χ3n) is 3.89. The number of rotatable bonds is 6. The number of thioether (sulfide) groups is 1. The summed E-state index contributed by atoms with van der Waals surface area (Å²) in [6.45, 7) is 1.98. The first-order valence-electron chi connectivity index (χ1n) is 7.62. The molecule has 23 heavy (non-hydrogen) atoms. The molecule has 5 nitrogen and oxygen atoms in total. The van der Waals surface area contributed by atoms with Gasteiger partial charge in [-0.3, -0.25) is 4.79 Å². The zero-order chi connectivity index (χ0) is 16.4. The smallest absolute Gasteiger partial charge is 0.230 e. The van der Waals surface area contributed by atoms with Crippen LogP contribution in [0.3, 0.4) is 0 Å². The minimum atomic E-state index is -0.0415. The third kappa shape index (κ3) is 3.95. The number of amides is 1. The van der Waals surface area contributed by atoms with Gasteiger partial charge in [0, 0.05) is 17.4 Å². The average Bonchev–Trinajstić information content (AvgIpc) is 3.29. The van der Waals surface area contributed by atoms with Gasteiger partial charge in [-0.05, 0) is 31.4 Å². The maximum atomic E-state index is 12.2. The normalized spacial score (nSPS) is 15.4. The molecule has 0 unspecified atom stereocenters. The van der Waals surface area contributed by atoms with Crippen molar-refractivity contribution < 1.29 is 4.79 Å². The van der Waals surface area contributed by atoms with Crippen molar-refractivity contribution in [1.82, 2.24) is 20.1 Å². The number of nitrogens with zero attached hydrogens (tertiary/aromatic N) is 3. The Bertz CT molecular complexity index is 714. The third-order valence-corrected chi connectivity index (χ3v) is 5.64. The van der Waals surface area contributed by atoms with Crippen LogP contribution >= 0.6 is 27.7 Å². The molecule has 1 amide bonds. The van der Waals surface area contributed by atoms with E-state index in [9.17, 15) is 4.79 Å². The lowest BCUT2D eigenvalue weighted by molar-refractivity contribution is -0.119. The summed E-state index contributed by atoms with van der Waals surface area (Å²) in [6.07, 6.45) is 2.39. The SMILES string of the molecule is C[C@@H](NC(=O)CSc1nnc(C2CC2)n1C)c1ccccc1Br. The molecule has 0 saturated heterocycles. The molecule has 3 rings (SSSR count). The molecule has 122 valence electrons. The van der Waals surface area contributed by atoms with Crippen LogP contribution in [-0.4, -0.2) is 26.4 Å². The summed E-state index contributed by atoms with van der Waals surface area (Å²) in [5, 5.41) is 12.2. The van der Waals surface area contributed by atoms with Crippen LogP contribution < -0.4 is 5.32 Å². The molecule has 0 spiro atoms. The predicted molar refractivity (Wildman–Crippen MR) is 94.4 cm³/mol. The molecule has 1 aromatic heterocycles. The topological polar surface area (TPSA) is 59.8 Å². The number of nitrogens with one attached hydrogen (secondary N) is 1. The van der Waals surface area contributed by atoms with E-state index in [2.05, 4.69) is 31.4 Å². The van der Waals surface area contributed by atoms with Gasteiger partial charge in [0.25, 0.3) is 0 Å². The van der Waals surface area contributed by atoms with Crippen molar-refractivity contribution in [3.63, 3.8) is 0 Å². The molecule has 1 atom stereocenters. The first-order valence-corrected chi connectivity index (χ1v) is 9.40. The van der Waals surface area contributed by atoms with Gasteiger partial charge in [0.1, 0.15) is 5.82 Å². The van der Waals surface area contributed by atoms with Gasteiger partial charge in [-0.1, -0.05) is 45.9 Å². The molecule has 1 saturated carbocycles. The highest BCUT2D eigenvalue weighted by Crippen LogP contribution is 2.39. The first-order chi connectivity index (χ1) is 11.1. The Hall–Kier alpha value is -1.34. The first kappa shape index (κ1) is 16.5. The van der Waals surface area contributed by atoms with E-state index in [0.717, 1.165) is 21.0 Å². The van der Waals surface area contributed by atoms with Gasteiger partial charge in [-0.2, -0.15) is 0 Å². The van der Waals surface area contributed by atoms with Crippen LogP contribution in [0.25, 0.3) is 0 Å². The van der Waals surface area contributed by atoms with Gasteiger partial charge < -0.3 is 9.88 Å². The second kappa shape index (κ2) is 7.05.